The first-order chi connectivity index (χ1) is 9.56. The van der Waals surface area contributed by atoms with Crippen LogP contribution in [0.3, 0.4) is 0 Å². The molecule has 1 amide bonds. The number of thiazole rings is 1. The second-order valence-electron chi connectivity index (χ2n) is 5.32. The highest BCUT2D eigenvalue weighted by molar-refractivity contribution is 7.18. The van der Waals surface area contributed by atoms with Gasteiger partial charge in [0.15, 0.2) is 0 Å². The van der Waals surface area contributed by atoms with Crippen molar-refractivity contribution in [3.05, 3.63) is 29.3 Å². The van der Waals surface area contributed by atoms with E-state index in [4.69, 9.17) is 0 Å². The van der Waals surface area contributed by atoms with Crippen LogP contribution in [0.15, 0.2) is 24.3 Å². The number of carbonyl (C=O) groups is 1. The third-order valence-corrected chi connectivity index (χ3v) is 4.18. The molecule has 0 aliphatic carbocycles. The van der Waals surface area contributed by atoms with Crippen molar-refractivity contribution >= 4 is 27.5 Å². The number of fused-ring (bicyclic) bond motifs is 1. The maximum atomic E-state index is 11.7. The normalized spacial score (nSPS) is 12.8. The van der Waals surface area contributed by atoms with Gasteiger partial charge in [0, 0.05) is 6.54 Å². The van der Waals surface area contributed by atoms with Gasteiger partial charge in [0.05, 0.1) is 22.8 Å². The van der Waals surface area contributed by atoms with Crippen molar-refractivity contribution < 1.29 is 4.79 Å². The van der Waals surface area contributed by atoms with Gasteiger partial charge in [0.25, 0.3) is 0 Å². The molecule has 5 heteroatoms. The van der Waals surface area contributed by atoms with Crippen LogP contribution in [0.5, 0.6) is 0 Å². The van der Waals surface area contributed by atoms with E-state index in [-0.39, 0.29) is 11.9 Å². The summed E-state index contributed by atoms with van der Waals surface area (Å²) in [7, 11) is 0. The van der Waals surface area contributed by atoms with Crippen molar-refractivity contribution in [2.75, 3.05) is 13.1 Å². The molecular formula is C15H21N3OS. The number of carbonyl (C=O) groups excluding carboxylic acids is 1. The van der Waals surface area contributed by atoms with Crippen LogP contribution in [0, 0.1) is 5.92 Å². The van der Waals surface area contributed by atoms with Gasteiger partial charge in [-0.05, 0) is 25.0 Å². The number of nitrogens with zero attached hydrogens (tertiary/aromatic N) is 1. The topological polar surface area (TPSA) is 54.0 Å². The van der Waals surface area contributed by atoms with E-state index >= 15 is 0 Å². The van der Waals surface area contributed by atoms with Crippen LogP contribution < -0.4 is 10.6 Å². The minimum Gasteiger partial charge on any atom is -0.355 e. The van der Waals surface area contributed by atoms with E-state index in [0.29, 0.717) is 12.5 Å². The smallest absolute Gasteiger partial charge is 0.233 e. The standard InChI is InChI=1S/C15H21N3OS/c1-10(2)8-17-14(19)9-16-11(3)15-18-12-6-4-5-7-13(12)20-15/h4-7,10-11,16H,8-9H2,1-3H3,(H,17,19). The van der Waals surface area contributed by atoms with Crippen molar-refractivity contribution in [2.45, 2.75) is 26.8 Å². The number of hydrogen-bond donors (Lipinski definition) is 2. The molecule has 0 aliphatic rings. The minimum atomic E-state index is 0.0339. The van der Waals surface area contributed by atoms with Gasteiger partial charge in [0.1, 0.15) is 5.01 Å². The number of para-hydroxylation sites is 1. The first-order valence-electron chi connectivity index (χ1n) is 6.92. The lowest BCUT2D eigenvalue weighted by molar-refractivity contribution is -0.120. The van der Waals surface area contributed by atoms with Crippen LogP contribution in [0.2, 0.25) is 0 Å². The molecule has 20 heavy (non-hydrogen) atoms. The molecule has 0 aliphatic heterocycles. The first-order valence-corrected chi connectivity index (χ1v) is 7.73. The summed E-state index contributed by atoms with van der Waals surface area (Å²) in [5.74, 6) is 0.507. The van der Waals surface area contributed by atoms with Crippen molar-refractivity contribution in [2.24, 2.45) is 5.92 Å². The van der Waals surface area contributed by atoms with Crippen LogP contribution >= 0.6 is 11.3 Å². The van der Waals surface area contributed by atoms with E-state index in [1.54, 1.807) is 11.3 Å². The highest BCUT2D eigenvalue weighted by Crippen LogP contribution is 2.25. The number of hydrogen-bond acceptors (Lipinski definition) is 4. The number of nitrogens with one attached hydrogen (secondary N) is 2. The number of amides is 1. The van der Waals surface area contributed by atoms with Crippen LogP contribution in [0.4, 0.5) is 0 Å². The largest absolute Gasteiger partial charge is 0.355 e. The zero-order chi connectivity index (χ0) is 14.5. The molecule has 0 fully saturated rings. The van der Waals surface area contributed by atoms with E-state index < -0.39 is 0 Å². The Balaban J connectivity index is 1.88. The van der Waals surface area contributed by atoms with Gasteiger partial charge in [-0.1, -0.05) is 26.0 Å². The van der Waals surface area contributed by atoms with Crippen molar-refractivity contribution in [3.8, 4) is 0 Å². The molecule has 2 N–H and O–H groups in total. The molecule has 0 saturated heterocycles. The third-order valence-electron chi connectivity index (χ3n) is 2.96. The second-order valence-corrected chi connectivity index (χ2v) is 6.38. The fourth-order valence-corrected chi connectivity index (χ4v) is 2.78. The Morgan fingerprint density at radius 1 is 1.30 bits per heavy atom. The molecule has 0 bridgehead atoms. The second kappa shape index (κ2) is 6.81. The summed E-state index contributed by atoms with van der Waals surface area (Å²) in [6.45, 7) is 7.24. The third kappa shape index (κ3) is 4.02. The summed E-state index contributed by atoms with van der Waals surface area (Å²) in [5, 5.41) is 7.13. The molecule has 1 atom stereocenters. The van der Waals surface area contributed by atoms with Crippen LogP contribution in [-0.2, 0) is 4.79 Å². The average molecular weight is 291 g/mol. The van der Waals surface area contributed by atoms with Crippen molar-refractivity contribution in [1.82, 2.24) is 15.6 Å². The fraction of sp³-hybridized carbons (Fsp3) is 0.467. The fourth-order valence-electron chi connectivity index (χ4n) is 1.79. The molecule has 0 saturated carbocycles. The van der Waals surface area contributed by atoms with Gasteiger partial charge < -0.3 is 5.32 Å². The van der Waals surface area contributed by atoms with Crippen LogP contribution in [0.1, 0.15) is 31.8 Å². The lowest BCUT2D eigenvalue weighted by Crippen LogP contribution is -2.36. The van der Waals surface area contributed by atoms with E-state index in [2.05, 4.69) is 35.5 Å². The summed E-state index contributed by atoms with van der Waals surface area (Å²) in [6, 6.07) is 8.17. The SMILES string of the molecule is CC(C)CNC(=O)CNC(C)c1nc2ccccc2s1. The molecule has 2 rings (SSSR count). The van der Waals surface area contributed by atoms with Gasteiger partial charge in [-0.25, -0.2) is 4.98 Å². The predicted octanol–water partition coefficient (Wildman–Crippen LogP) is 2.72. The molecule has 0 radical (unpaired) electrons. The van der Waals surface area contributed by atoms with Gasteiger partial charge in [-0.3, -0.25) is 10.1 Å². The first kappa shape index (κ1) is 14.9. The lowest BCUT2D eigenvalue weighted by Gasteiger charge is -2.12. The molecule has 1 heterocycles. The lowest BCUT2D eigenvalue weighted by atomic mass is 10.2. The molecule has 108 valence electrons. The molecule has 1 aromatic carbocycles. The van der Waals surface area contributed by atoms with E-state index in [1.165, 1.54) is 4.70 Å². The maximum absolute atomic E-state index is 11.7. The van der Waals surface area contributed by atoms with E-state index in [1.807, 2.05) is 25.1 Å². The zero-order valence-electron chi connectivity index (χ0n) is 12.1. The summed E-state index contributed by atoms with van der Waals surface area (Å²) >= 11 is 1.67. The number of aromatic nitrogens is 1. The Labute approximate surface area is 123 Å². The highest BCUT2D eigenvalue weighted by Gasteiger charge is 2.12. The Hall–Kier alpha value is -1.46. The summed E-state index contributed by atoms with van der Waals surface area (Å²) < 4.78 is 1.18. The molecule has 1 aromatic heterocycles. The molecule has 1 unspecified atom stereocenters. The monoisotopic (exact) mass is 291 g/mol. The Morgan fingerprint density at radius 3 is 2.75 bits per heavy atom. The predicted molar refractivity (Wildman–Crippen MR) is 83.9 cm³/mol. The summed E-state index contributed by atoms with van der Waals surface area (Å²) in [4.78, 5) is 16.3. The number of rotatable bonds is 6. The van der Waals surface area contributed by atoms with Crippen molar-refractivity contribution in [3.63, 3.8) is 0 Å². The zero-order valence-corrected chi connectivity index (χ0v) is 13.0. The van der Waals surface area contributed by atoms with E-state index in [0.717, 1.165) is 17.1 Å². The molecule has 4 nitrogen and oxygen atoms in total. The number of benzene rings is 1. The van der Waals surface area contributed by atoms with Crippen molar-refractivity contribution in [1.29, 1.82) is 0 Å². The quantitative estimate of drug-likeness (QED) is 0.860. The van der Waals surface area contributed by atoms with Gasteiger partial charge in [-0.15, -0.1) is 11.3 Å². The molecule has 0 spiro atoms. The molecule has 2 aromatic rings. The van der Waals surface area contributed by atoms with Crippen LogP contribution in [-0.4, -0.2) is 24.0 Å². The van der Waals surface area contributed by atoms with E-state index in [9.17, 15) is 4.79 Å². The summed E-state index contributed by atoms with van der Waals surface area (Å²) in [6.07, 6.45) is 0. The Morgan fingerprint density at radius 2 is 2.05 bits per heavy atom. The summed E-state index contributed by atoms with van der Waals surface area (Å²) in [5.41, 5.74) is 1.02. The molecular weight excluding hydrogens is 270 g/mol. The maximum Gasteiger partial charge on any atom is 0.233 e. The average Bonchev–Trinajstić information content (AvgIpc) is 2.86. The van der Waals surface area contributed by atoms with Gasteiger partial charge >= 0.3 is 0 Å². The Kier molecular flexibility index (Phi) is 5.09. The van der Waals surface area contributed by atoms with Gasteiger partial charge in [0.2, 0.25) is 5.91 Å². The minimum absolute atomic E-state index is 0.0339. The van der Waals surface area contributed by atoms with Crippen LogP contribution in [0.25, 0.3) is 10.2 Å². The Bertz CT molecular complexity index is 546. The highest BCUT2D eigenvalue weighted by atomic mass is 32.1. The van der Waals surface area contributed by atoms with Gasteiger partial charge in [-0.2, -0.15) is 0 Å².